The van der Waals surface area contributed by atoms with Crippen LogP contribution in [0.4, 0.5) is 114 Å². The molecule has 0 spiro atoms. The van der Waals surface area contributed by atoms with E-state index in [4.69, 9.17) is 0 Å². The van der Waals surface area contributed by atoms with E-state index in [2.05, 4.69) is 18.9 Å². The molecule has 8 fully saturated rings. The van der Waals surface area contributed by atoms with Crippen molar-refractivity contribution in [1.82, 2.24) is 0 Å². The van der Waals surface area contributed by atoms with Gasteiger partial charge in [0.15, 0.2) is 0 Å². The van der Waals surface area contributed by atoms with E-state index in [9.17, 15) is 108 Å². The van der Waals surface area contributed by atoms with Crippen LogP contribution in [-0.4, -0.2) is 178 Å². The SMILES string of the molecule is O=C1C2(F)C(F)(F)C3(F)C(F)(F)C1(F)C(F)(OCC(O)COCCOCC(O)COC1(F)C4(F)C(=O)C5(F)C(F)(F)C(F)(C4(F)F)C(F)(F)C1(F)C5(F)F)C(F)(C2(F)F)C3(F)F. The number of alkyl halides is 26. The van der Waals surface area contributed by atoms with Crippen LogP contribution in [0.2, 0.25) is 0 Å². The number of aliphatic hydroxyl groups excluding tert-OH is 2. The predicted molar refractivity (Wildman–Crippen MR) is 134 cm³/mol. The molecule has 0 heterocycles. The number of hydrogen-bond acceptors (Lipinski definition) is 8. The minimum Gasteiger partial charge on any atom is -0.388 e. The summed E-state index contributed by atoms with van der Waals surface area (Å²) in [6.07, 6.45) is -5.91. The lowest BCUT2D eigenvalue weighted by molar-refractivity contribution is -0.556. The van der Waals surface area contributed by atoms with Crippen LogP contribution in [0.3, 0.4) is 0 Å². The Labute approximate surface area is 321 Å². The maximum absolute atomic E-state index is 15.8. The van der Waals surface area contributed by atoms with Gasteiger partial charge in [0, 0.05) is 0 Å². The van der Waals surface area contributed by atoms with Gasteiger partial charge in [-0.05, 0) is 0 Å². The second kappa shape index (κ2) is 11.8. The van der Waals surface area contributed by atoms with Gasteiger partial charge in [-0.25, -0.2) is 43.9 Å². The summed E-state index contributed by atoms with van der Waals surface area (Å²) in [5.74, 6) is -85.4. The highest BCUT2D eigenvalue weighted by Gasteiger charge is 3.21. The Balaban J connectivity index is 1.09. The molecule has 0 aromatic rings. The third kappa shape index (κ3) is 3.67. The monoisotopic (exact) mass is 974 g/mol. The van der Waals surface area contributed by atoms with E-state index in [1.165, 1.54) is 0 Å². The molecule has 8 nitrogen and oxygen atoms in total. The molecule has 0 saturated heterocycles. The summed E-state index contributed by atoms with van der Waals surface area (Å²) in [6, 6.07) is 0. The Morgan fingerprint density at radius 3 is 0.823 bits per heavy atom. The molecule has 8 aliphatic carbocycles. The quantitative estimate of drug-likeness (QED) is 0.195. The molecular formula is C28H16F26O8. The molecule has 8 bridgehead atoms. The second-order valence-corrected chi connectivity index (χ2v) is 14.8. The summed E-state index contributed by atoms with van der Waals surface area (Å²) in [4.78, 5) is 24.2. The number of hydrogen-bond donors (Lipinski definition) is 2. The van der Waals surface area contributed by atoms with Gasteiger partial charge in [-0.1, -0.05) is 0 Å². The van der Waals surface area contributed by atoms with E-state index >= 15 is 26.3 Å². The standard InChI is InChI=1S/C28H16F26O8/c29-11-9(57)13(31)23(45,46)15(33,19(11,37)38)25(49,50)17(35,21(11,41)42)27(13,53)61-5-7(55)3-59-1-2-60-4-8(56)6-62-28(54)14(32)10(58)12(30)20(39,40)16(34,24(14,47)48)26(51,52)18(28,36)22(12,43)44/h7-8,55-56H,1-6H2. The smallest absolute Gasteiger partial charge is 0.340 e. The first-order chi connectivity index (χ1) is 27.3. The molecule has 2 N–H and O–H groups in total. The molecule has 0 radical (unpaired) electrons. The van der Waals surface area contributed by atoms with Crippen molar-refractivity contribution in [2.24, 2.45) is 0 Å². The van der Waals surface area contributed by atoms with Crippen LogP contribution in [0.15, 0.2) is 0 Å². The third-order valence-corrected chi connectivity index (χ3v) is 11.9. The summed E-state index contributed by atoms with van der Waals surface area (Å²) in [5, 5.41) is 19.5. The Bertz CT molecular complexity index is 1840. The van der Waals surface area contributed by atoms with Crippen LogP contribution < -0.4 is 0 Å². The first-order valence-corrected chi connectivity index (χ1v) is 16.1. The normalized spacial score (nSPS) is 49.6. The van der Waals surface area contributed by atoms with Crippen molar-refractivity contribution in [2.75, 3.05) is 39.6 Å². The number of ketones is 2. The molecule has 8 saturated carbocycles. The molecule has 0 aromatic heterocycles. The third-order valence-electron chi connectivity index (χ3n) is 11.9. The van der Waals surface area contributed by atoms with Crippen molar-refractivity contribution >= 4 is 11.6 Å². The average Bonchev–Trinajstić information content (AvgIpc) is 3.15. The predicted octanol–water partition coefficient (Wildman–Crippen LogP) is 5.07. The molecule has 0 amide bonds. The van der Waals surface area contributed by atoms with E-state index in [1.54, 1.807) is 0 Å². The average molecular weight is 974 g/mol. The summed E-state index contributed by atoms with van der Waals surface area (Å²) in [7, 11) is 0. The summed E-state index contributed by atoms with van der Waals surface area (Å²) < 4.78 is 404. The molecule has 62 heavy (non-hydrogen) atoms. The molecule has 12 unspecified atom stereocenters. The van der Waals surface area contributed by atoms with Gasteiger partial charge in [0.25, 0.3) is 11.3 Å². The topological polar surface area (TPSA) is 112 Å². The van der Waals surface area contributed by atoms with Crippen molar-refractivity contribution in [3.63, 3.8) is 0 Å². The maximum Gasteiger partial charge on any atom is 0.340 e. The fraction of sp³-hybridized carbons (Fsp3) is 0.929. The molecular weight excluding hydrogens is 958 g/mol. The number of carbonyl (C=O) groups is 2. The first kappa shape index (κ1) is 48.7. The van der Waals surface area contributed by atoms with Gasteiger partial charge in [0.2, 0.25) is 11.6 Å². The van der Waals surface area contributed by atoms with E-state index in [-0.39, 0.29) is 0 Å². The zero-order valence-corrected chi connectivity index (χ0v) is 28.6. The van der Waals surface area contributed by atoms with Crippen LogP contribution in [-0.2, 0) is 28.5 Å². The van der Waals surface area contributed by atoms with Crippen molar-refractivity contribution in [3.8, 4) is 0 Å². The Hall–Kier alpha value is -2.72. The van der Waals surface area contributed by atoms with Gasteiger partial charge in [0.05, 0.1) is 39.6 Å². The zero-order chi connectivity index (χ0) is 48.4. The summed E-state index contributed by atoms with van der Waals surface area (Å²) in [5.41, 5.74) is -59.6. The molecule has 34 heteroatoms. The number of ether oxygens (including phenoxy) is 4. The fourth-order valence-electron chi connectivity index (χ4n) is 8.65. The van der Waals surface area contributed by atoms with Crippen LogP contribution in [0, 0.1) is 0 Å². The number of Topliss-reactive ketones (excluding diaryl/α,β-unsaturated/α-hetero) is 2. The Kier molecular flexibility index (Phi) is 9.28. The largest absolute Gasteiger partial charge is 0.388 e. The van der Waals surface area contributed by atoms with Crippen molar-refractivity contribution in [2.45, 2.75) is 117 Å². The van der Waals surface area contributed by atoms with E-state index < -0.39 is 168 Å². The molecule has 12 atom stereocenters. The van der Waals surface area contributed by atoms with Gasteiger partial charge in [-0.3, -0.25) is 9.59 Å². The molecule has 8 aliphatic rings. The van der Waals surface area contributed by atoms with E-state index in [0.29, 0.717) is 0 Å². The van der Waals surface area contributed by atoms with Gasteiger partial charge in [-0.2, -0.15) is 70.2 Å². The fourth-order valence-corrected chi connectivity index (χ4v) is 8.65. The van der Waals surface area contributed by atoms with Gasteiger partial charge < -0.3 is 29.2 Å². The summed E-state index contributed by atoms with van der Waals surface area (Å²) in [6.45, 7) is -10.9. The molecule has 358 valence electrons. The number of rotatable bonds is 13. The first-order valence-electron chi connectivity index (χ1n) is 16.1. The zero-order valence-electron chi connectivity index (χ0n) is 28.6. The minimum absolute atomic E-state index is 1.21. The van der Waals surface area contributed by atoms with Gasteiger partial charge in [0.1, 0.15) is 12.2 Å². The maximum atomic E-state index is 15.8. The molecule has 0 aromatic carbocycles. The molecule has 0 aliphatic heterocycles. The van der Waals surface area contributed by atoms with Crippen LogP contribution in [0.1, 0.15) is 0 Å². The lowest BCUT2D eigenvalue weighted by atomic mass is 9.41. The van der Waals surface area contributed by atoms with Crippen molar-refractivity contribution < 1.29 is 153 Å². The Morgan fingerprint density at radius 1 is 0.339 bits per heavy atom. The van der Waals surface area contributed by atoms with Crippen molar-refractivity contribution in [3.05, 3.63) is 0 Å². The minimum atomic E-state index is -7.91. The Morgan fingerprint density at radius 2 is 0.565 bits per heavy atom. The van der Waals surface area contributed by atoms with Crippen LogP contribution >= 0.6 is 0 Å². The number of aliphatic hydroxyl groups is 2. The van der Waals surface area contributed by atoms with Gasteiger partial charge in [-0.15, -0.1) is 0 Å². The van der Waals surface area contributed by atoms with Crippen LogP contribution in [0.25, 0.3) is 0 Å². The van der Waals surface area contributed by atoms with Gasteiger partial charge >= 0.3 is 93.1 Å². The lowest BCUT2D eigenvalue weighted by Gasteiger charge is -2.71. The van der Waals surface area contributed by atoms with E-state index in [1.807, 2.05) is 0 Å². The van der Waals surface area contributed by atoms with E-state index in [0.717, 1.165) is 0 Å². The van der Waals surface area contributed by atoms with Crippen LogP contribution in [0.5, 0.6) is 0 Å². The molecule has 8 rings (SSSR count). The second-order valence-electron chi connectivity index (χ2n) is 14.8. The highest BCUT2D eigenvalue weighted by atomic mass is 19.4. The van der Waals surface area contributed by atoms with Crippen molar-refractivity contribution in [1.29, 1.82) is 0 Å². The summed E-state index contributed by atoms with van der Waals surface area (Å²) >= 11 is 0. The number of halogens is 26. The highest BCUT2D eigenvalue weighted by molar-refractivity contribution is 6.05. The lowest BCUT2D eigenvalue weighted by Crippen LogP contribution is -3.07. The number of carbonyl (C=O) groups excluding carboxylic acids is 2. The highest BCUT2D eigenvalue weighted by Crippen LogP contribution is 2.87.